The van der Waals surface area contributed by atoms with Gasteiger partial charge in [0.05, 0.1) is 0 Å². The van der Waals surface area contributed by atoms with Gasteiger partial charge in [-0.15, -0.1) is 0 Å². The van der Waals surface area contributed by atoms with Gasteiger partial charge in [-0.05, 0) is 44.6 Å². The monoisotopic (exact) mass is 343 g/mol. The van der Waals surface area contributed by atoms with Crippen LogP contribution in [0.3, 0.4) is 0 Å². The molecule has 0 bridgehead atoms. The van der Waals surface area contributed by atoms with Crippen LogP contribution < -0.4 is 16.2 Å². The van der Waals surface area contributed by atoms with Crippen LogP contribution >= 0.6 is 0 Å². The lowest BCUT2D eigenvalue weighted by atomic mass is 9.88. The highest BCUT2D eigenvalue weighted by molar-refractivity contribution is 5.82. The first-order valence-corrected chi connectivity index (χ1v) is 9.36. The van der Waals surface area contributed by atoms with E-state index in [1.807, 2.05) is 0 Å². The van der Waals surface area contributed by atoms with Crippen molar-refractivity contribution in [2.24, 2.45) is 5.92 Å². The average molecular weight is 343 g/mol. The normalized spacial score (nSPS) is 32.9. The molecule has 1 aromatic carbocycles. The van der Waals surface area contributed by atoms with Crippen LogP contribution in [0.2, 0.25) is 0 Å². The zero-order valence-electron chi connectivity index (χ0n) is 15.2. The summed E-state index contributed by atoms with van der Waals surface area (Å²) in [6.07, 6.45) is 2.10. The van der Waals surface area contributed by atoms with E-state index in [2.05, 4.69) is 64.3 Å². The second-order valence-corrected chi connectivity index (χ2v) is 7.87. The molecular weight excluding hydrogens is 314 g/mol. The van der Waals surface area contributed by atoms with Crippen molar-refractivity contribution in [3.63, 3.8) is 0 Å². The van der Waals surface area contributed by atoms with Crippen LogP contribution in [0.25, 0.3) is 0 Å². The number of nitrogens with zero attached hydrogens (tertiary/aromatic N) is 2. The van der Waals surface area contributed by atoms with Gasteiger partial charge >= 0.3 is 0 Å². The molecule has 0 saturated carbocycles. The number of likely N-dealkylation sites (tertiary alicyclic amines) is 1. The van der Waals surface area contributed by atoms with E-state index in [1.54, 1.807) is 0 Å². The molecule has 0 radical (unpaired) electrons. The number of amides is 1. The molecule has 3 N–H and O–H groups in total. The first-order chi connectivity index (χ1) is 12.1. The van der Waals surface area contributed by atoms with Crippen LogP contribution in [0.1, 0.15) is 17.5 Å². The third-order valence-electron chi connectivity index (χ3n) is 6.12. The van der Waals surface area contributed by atoms with E-state index in [4.69, 9.17) is 0 Å². The molecule has 4 rings (SSSR count). The van der Waals surface area contributed by atoms with Crippen LogP contribution in [0, 0.1) is 5.92 Å². The summed E-state index contributed by atoms with van der Waals surface area (Å²) in [5.74, 6) is 0.478. The van der Waals surface area contributed by atoms with Gasteiger partial charge in [0.25, 0.3) is 0 Å². The Morgan fingerprint density at radius 1 is 1.24 bits per heavy atom. The molecule has 6 heteroatoms. The fourth-order valence-corrected chi connectivity index (χ4v) is 4.51. The smallest absolute Gasteiger partial charge is 0.238 e. The van der Waals surface area contributed by atoms with E-state index < -0.39 is 0 Å². The second kappa shape index (κ2) is 7.03. The Kier molecular flexibility index (Phi) is 4.78. The lowest BCUT2D eigenvalue weighted by Gasteiger charge is -2.35. The maximum absolute atomic E-state index is 12.8. The largest absolute Gasteiger partial charge is 0.353 e. The number of nitrogens with one attached hydrogen (secondary N) is 3. The van der Waals surface area contributed by atoms with E-state index in [-0.39, 0.29) is 11.9 Å². The molecule has 0 aliphatic carbocycles. The van der Waals surface area contributed by atoms with Crippen molar-refractivity contribution in [1.82, 2.24) is 26.0 Å². The number of carbonyl (C=O) groups is 1. The molecule has 2 saturated heterocycles. The highest BCUT2D eigenvalue weighted by atomic mass is 16.2. The number of carbonyl (C=O) groups excluding carboxylic acids is 1. The average Bonchev–Trinajstić information content (AvgIpc) is 3.02. The predicted molar refractivity (Wildman–Crippen MR) is 97.9 cm³/mol. The quantitative estimate of drug-likeness (QED) is 0.719. The molecule has 136 valence electrons. The van der Waals surface area contributed by atoms with Crippen LogP contribution in [-0.4, -0.2) is 67.6 Å². The first kappa shape index (κ1) is 17.0. The van der Waals surface area contributed by atoms with Gasteiger partial charge in [-0.25, -0.2) is 5.43 Å². The molecule has 2 fully saturated rings. The Bertz CT molecular complexity index is 636. The summed E-state index contributed by atoms with van der Waals surface area (Å²) in [4.78, 5) is 17.4. The predicted octanol–water partition coefficient (Wildman–Crippen LogP) is -0.0440. The van der Waals surface area contributed by atoms with Gasteiger partial charge in [0, 0.05) is 37.6 Å². The van der Waals surface area contributed by atoms with Crippen LogP contribution in [0.15, 0.2) is 24.3 Å². The molecule has 0 spiro atoms. The molecule has 25 heavy (non-hydrogen) atoms. The van der Waals surface area contributed by atoms with E-state index in [9.17, 15) is 4.79 Å². The number of rotatable bonds is 3. The molecule has 3 aliphatic rings. The Morgan fingerprint density at radius 2 is 2.04 bits per heavy atom. The molecule has 0 aromatic heterocycles. The molecule has 3 aliphatic heterocycles. The Hall–Kier alpha value is -1.47. The van der Waals surface area contributed by atoms with Crippen LogP contribution in [0.5, 0.6) is 0 Å². The van der Waals surface area contributed by atoms with Gasteiger partial charge in [0.1, 0.15) is 6.04 Å². The molecule has 4 atom stereocenters. The summed E-state index contributed by atoms with van der Waals surface area (Å²) < 4.78 is 0. The summed E-state index contributed by atoms with van der Waals surface area (Å²) in [5.41, 5.74) is 9.37. The van der Waals surface area contributed by atoms with Crippen molar-refractivity contribution in [3.05, 3.63) is 35.4 Å². The molecule has 4 unspecified atom stereocenters. The summed E-state index contributed by atoms with van der Waals surface area (Å²) in [6.45, 7) is 3.72. The Balaban J connectivity index is 1.35. The molecule has 1 aromatic rings. The number of likely N-dealkylation sites (N-methyl/N-ethyl adjacent to an activating group) is 1. The van der Waals surface area contributed by atoms with Crippen LogP contribution in [0.4, 0.5) is 0 Å². The van der Waals surface area contributed by atoms with E-state index >= 15 is 0 Å². The van der Waals surface area contributed by atoms with Gasteiger partial charge in [-0.1, -0.05) is 24.3 Å². The minimum absolute atomic E-state index is 0.127. The Labute approximate surface area is 149 Å². The number of fused-ring (bicyclic) bond motifs is 2. The number of hydrazine groups is 1. The third kappa shape index (κ3) is 3.44. The van der Waals surface area contributed by atoms with Crippen molar-refractivity contribution in [1.29, 1.82) is 0 Å². The number of hydrogen-bond acceptors (Lipinski definition) is 5. The fraction of sp³-hybridized carbons (Fsp3) is 0.632. The highest BCUT2D eigenvalue weighted by Crippen LogP contribution is 2.24. The highest BCUT2D eigenvalue weighted by Gasteiger charge is 2.42. The van der Waals surface area contributed by atoms with E-state index in [0.29, 0.717) is 24.5 Å². The molecule has 6 nitrogen and oxygen atoms in total. The van der Waals surface area contributed by atoms with Gasteiger partial charge in [0.15, 0.2) is 0 Å². The van der Waals surface area contributed by atoms with Gasteiger partial charge in [-0.3, -0.25) is 15.1 Å². The minimum Gasteiger partial charge on any atom is -0.353 e. The summed E-state index contributed by atoms with van der Waals surface area (Å²) in [5, 5.41) is 3.20. The van der Waals surface area contributed by atoms with Gasteiger partial charge < -0.3 is 10.2 Å². The maximum Gasteiger partial charge on any atom is 0.238 e. The van der Waals surface area contributed by atoms with Crippen molar-refractivity contribution < 1.29 is 4.79 Å². The first-order valence-electron chi connectivity index (χ1n) is 9.36. The van der Waals surface area contributed by atoms with E-state index in [0.717, 1.165) is 32.5 Å². The topological polar surface area (TPSA) is 59.6 Å². The Morgan fingerprint density at radius 3 is 2.88 bits per heavy atom. The van der Waals surface area contributed by atoms with Crippen molar-refractivity contribution in [2.45, 2.75) is 37.5 Å². The number of piperidine rings is 1. The number of hydrogen-bond donors (Lipinski definition) is 3. The lowest BCUT2D eigenvalue weighted by molar-refractivity contribution is -0.124. The minimum atomic E-state index is -0.131. The van der Waals surface area contributed by atoms with E-state index in [1.165, 1.54) is 11.1 Å². The van der Waals surface area contributed by atoms with Crippen molar-refractivity contribution in [3.8, 4) is 0 Å². The zero-order chi connectivity index (χ0) is 17.4. The summed E-state index contributed by atoms with van der Waals surface area (Å²) >= 11 is 0. The van der Waals surface area contributed by atoms with Crippen molar-refractivity contribution in [2.75, 3.05) is 33.7 Å². The standard InChI is InChI=1S/C19H29N5O/c1-23-8-7-17-16(12-23)18(22-21-17)19(25)20-10-15-9-13-5-3-4-6-14(13)11-24(15)2/h3-6,15-18,21-22H,7-12H2,1-2H3,(H,20,25). The molecule has 3 heterocycles. The van der Waals surface area contributed by atoms with Crippen molar-refractivity contribution >= 4 is 5.91 Å². The molecular formula is C19H29N5O. The second-order valence-electron chi connectivity index (χ2n) is 7.87. The van der Waals surface area contributed by atoms with Crippen LogP contribution in [-0.2, 0) is 17.8 Å². The summed E-state index contributed by atoms with van der Waals surface area (Å²) in [6, 6.07) is 9.26. The zero-order valence-corrected chi connectivity index (χ0v) is 15.2. The maximum atomic E-state index is 12.8. The summed E-state index contributed by atoms with van der Waals surface area (Å²) in [7, 11) is 4.28. The molecule has 1 amide bonds. The third-order valence-corrected chi connectivity index (χ3v) is 6.12. The SMILES string of the molecule is CN1CCC2NNC(C(=O)NCC3Cc4ccccc4CN3C)C2C1. The lowest BCUT2D eigenvalue weighted by Crippen LogP contribution is -2.52. The van der Waals surface area contributed by atoms with Gasteiger partial charge in [0.2, 0.25) is 5.91 Å². The fourth-order valence-electron chi connectivity index (χ4n) is 4.51. The van der Waals surface area contributed by atoms with Gasteiger partial charge in [-0.2, -0.15) is 0 Å². The number of benzene rings is 1.